The van der Waals surface area contributed by atoms with Crippen molar-refractivity contribution in [2.45, 2.75) is 50.8 Å². The minimum absolute atomic E-state index is 0.0568. The average Bonchev–Trinajstić information content (AvgIpc) is 3.12. The maximum Gasteiger partial charge on any atom is 0.241 e. The number of rotatable bonds is 5. The summed E-state index contributed by atoms with van der Waals surface area (Å²) in [5.74, 6) is 0.515. The molecule has 1 saturated carbocycles. The van der Waals surface area contributed by atoms with Crippen molar-refractivity contribution in [2.24, 2.45) is 0 Å². The van der Waals surface area contributed by atoms with Crippen molar-refractivity contribution in [3.63, 3.8) is 0 Å². The molecule has 2 heterocycles. The third kappa shape index (κ3) is 3.35. The molecule has 1 fully saturated rings. The van der Waals surface area contributed by atoms with Crippen LogP contribution in [0.5, 0.6) is 0 Å². The van der Waals surface area contributed by atoms with Crippen molar-refractivity contribution >= 4 is 27.0 Å². The molecular weight excluding hydrogens is 320 g/mol. The third-order valence-corrected chi connectivity index (χ3v) is 6.41. The lowest BCUT2D eigenvalue weighted by atomic mass is 9.95. The summed E-state index contributed by atoms with van der Waals surface area (Å²) in [5.41, 5.74) is 1.24. The smallest absolute Gasteiger partial charge is 0.241 e. The predicted octanol–water partition coefficient (Wildman–Crippen LogP) is 3.71. The lowest BCUT2D eigenvalue weighted by Gasteiger charge is -2.34. The molecule has 1 aliphatic rings. The predicted molar refractivity (Wildman–Crippen MR) is 87.5 cm³/mol. The van der Waals surface area contributed by atoms with Crippen LogP contribution < -0.4 is 4.31 Å². The molecule has 120 valence electrons. The van der Waals surface area contributed by atoms with E-state index in [0.29, 0.717) is 11.5 Å². The summed E-state index contributed by atoms with van der Waals surface area (Å²) >= 11 is 1.52. The summed E-state index contributed by atoms with van der Waals surface area (Å²) in [6.45, 7) is 1.76. The molecule has 0 radical (unpaired) electrons. The molecule has 0 spiro atoms. The standard InChI is InChI=1S/C15H20N2O3S2/c1-12-9-13(16-20-12)11-22(18,19)17(15-7-8-21-10-15)14-5-3-2-4-6-14/h7-10,14H,2-6,11H2,1H3. The van der Waals surface area contributed by atoms with Crippen LogP contribution in [0.1, 0.15) is 43.6 Å². The van der Waals surface area contributed by atoms with Gasteiger partial charge in [-0.2, -0.15) is 11.3 Å². The first-order valence-corrected chi connectivity index (χ1v) is 10.1. The Morgan fingerprint density at radius 3 is 2.73 bits per heavy atom. The van der Waals surface area contributed by atoms with Crippen LogP contribution in [-0.2, 0) is 15.8 Å². The second-order valence-corrected chi connectivity index (χ2v) is 8.38. The molecule has 7 heteroatoms. The first kappa shape index (κ1) is 15.6. The van der Waals surface area contributed by atoms with E-state index < -0.39 is 10.0 Å². The summed E-state index contributed by atoms with van der Waals surface area (Å²) in [6, 6.07) is 3.62. The summed E-state index contributed by atoms with van der Waals surface area (Å²) in [5, 5.41) is 7.65. The van der Waals surface area contributed by atoms with Gasteiger partial charge in [-0.3, -0.25) is 4.31 Å². The SMILES string of the molecule is Cc1cc(CS(=O)(=O)N(c2ccsc2)C2CCCCC2)no1. The molecule has 0 saturated heterocycles. The maximum absolute atomic E-state index is 13.0. The highest BCUT2D eigenvalue weighted by Crippen LogP contribution is 2.32. The third-order valence-electron chi connectivity index (χ3n) is 3.97. The van der Waals surface area contributed by atoms with Gasteiger partial charge in [0, 0.05) is 17.5 Å². The second kappa shape index (κ2) is 6.42. The number of hydrogen-bond acceptors (Lipinski definition) is 5. The van der Waals surface area contributed by atoms with Gasteiger partial charge in [-0.25, -0.2) is 8.42 Å². The van der Waals surface area contributed by atoms with Crippen LogP contribution in [0.4, 0.5) is 5.69 Å². The molecule has 5 nitrogen and oxygen atoms in total. The van der Waals surface area contributed by atoms with Crippen molar-refractivity contribution in [3.8, 4) is 0 Å². The fraction of sp³-hybridized carbons (Fsp3) is 0.533. The van der Waals surface area contributed by atoms with Crippen LogP contribution in [0, 0.1) is 6.92 Å². The molecule has 0 N–H and O–H groups in total. The van der Waals surface area contributed by atoms with E-state index in [4.69, 9.17) is 4.52 Å². The molecule has 0 bridgehead atoms. The Morgan fingerprint density at radius 2 is 2.14 bits per heavy atom. The highest BCUT2D eigenvalue weighted by atomic mass is 32.2. The summed E-state index contributed by atoms with van der Waals surface area (Å²) in [7, 11) is -3.47. The summed E-state index contributed by atoms with van der Waals surface area (Å²) in [4.78, 5) is 0. The van der Waals surface area contributed by atoms with Crippen LogP contribution in [0.25, 0.3) is 0 Å². The highest BCUT2D eigenvalue weighted by Gasteiger charge is 2.32. The topological polar surface area (TPSA) is 63.4 Å². The van der Waals surface area contributed by atoms with Gasteiger partial charge in [-0.1, -0.05) is 24.4 Å². The van der Waals surface area contributed by atoms with Crippen molar-refractivity contribution in [2.75, 3.05) is 4.31 Å². The Labute approximate surface area is 135 Å². The van der Waals surface area contributed by atoms with Gasteiger partial charge < -0.3 is 4.52 Å². The van der Waals surface area contributed by atoms with E-state index in [0.717, 1.165) is 31.4 Å². The second-order valence-electron chi connectivity index (χ2n) is 5.75. The number of thiophene rings is 1. The molecular formula is C15H20N2O3S2. The van der Waals surface area contributed by atoms with Crippen molar-refractivity contribution < 1.29 is 12.9 Å². The lowest BCUT2D eigenvalue weighted by Crippen LogP contribution is -2.42. The Balaban J connectivity index is 1.90. The number of hydrogen-bond donors (Lipinski definition) is 0. The Hall–Kier alpha value is -1.34. The van der Waals surface area contributed by atoms with E-state index in [9.17, 15) is 8.42 Å². The molecule has 0 unspecified atom stereocenters. The molecule has 2 aromatic rings. The van der Waals surface area contributed by atoms with Crippen LogP contribution in [0.15, 0.2) is 27.4 Å². The fourth-order valence-corrected chi connectivity index (χ4v) is 5.48. The molecule has 22 heavy (non-hydrogen) atoms. The van der Waals surface area contributed by atoms with E-state index in [2.05, 4.69) is 5.16 Å². The minimum atomic E-state index is -3.47. The summed E-state index contributed by atoms with van der Waals surface area (Å²) in [6.07, 6.45) is 5.21. The van der Waals surface area contributed by atoms with Gasteiger partial charge in [0.25, 0.3) is 0 Å². The Morgan fingerprint density at radius 1 is 1.36 bits per heavy atom. The van der Waals surface area contributed by atoms with E-state index >= 15 is 0 Å². The van der Waals surface area contributed by atoms with Crippen molar-refractivity contribution in [3.05, 3.63) is 34.3 Å². The molecule has 0 amide bonds. The van der Waals surface area contributed by atoms with Crippen molar-refractivity contribution in [1.82, 2.24) is 5.16 Å². The van der Waals surface area contributed by atoms with E-state index in [1.807, 2.05) is 16.8 Å². The zero-order valence-corrected chi connectivity index (χ0v) is 14.2. The van der Waals surface area contributed by atoms with Gasteiger partial charge >= 0.3 is 0 Å². The molecule has 3 rings (SSSR count). The maximum atomic E-state index is 13.0. The molecule has 0 aromatic carbocycles. The first-order valence-electron chi connectivity index (χ1n) is 7.53. The van der Waals surface area contributed by atoms with E-state index in [1.54, 1.807) is 17.3 Å². The minimum Gasteiger partial charge on any atom is -0.361 e. The van der Waals surface area contributed by atoms with Gasteiger partial charge in [-0.05, 0) is 31.2 Å². The monoisotopic (exact) mass is 340 g/mol. The molecule has 1 aliphatic carbocycles. The lowest BCUT2D eigenvalue weighted by molar-refractivity contribution is 0.392. The normalized spacial score (nSPS) is 16.8. The molecule has 0 atom stereocenters. The van der Waals surface area contributed by atoms with E-state index in [1.165, 1.54) is 17.8 Å². The fourth-order valence-electron chi connectivity index (χ4n) is 3.04. The van der Waals surface area contributed by atoms with Crippen LogP contribution >= 0.6 is 11.3 Å². The van der Waals surface area contributed by atoms with Gasteiger partial charge in [0.05, 0.1) is 5.69 Å². The highest BCUT2D eigenvalue weighted by molar-refractivity contribution is 7.92. The number of anilines is 1. The number of aromatic nitrogens is 1. The van der Waals surface area contributed by atoms with Crippen LogP contribution in [0.2, 0.25) is 0 Å². The Bertz CT molecular complexity index is 701. The Kier molecular flexibility index (Phi) is 4.54. The number of nitrogens with zero attached hydrogens (tertiary/aromatic N) is 2. The van der Waals surface area contributed by atoms with Gasteiger partial charge in [-0.15, -0.1) is 0 Å². The van der Waals surface area contributed by atoms with E-state index in [-0.39, 0.29) is 11.8 Å². The number of sulfonamides is 1. The largest absolute Gasteiger partial charge is 0.361 e. The molecule has 0 aliphatic heterocycles. The van der Waals surface area contributed by atoms with Gasteiger partial charge in [0.15, 0.2) is 0 Å². The molecule has 2 aromatic heterocycles. The van der Waals surface area contributed by atoms with Gasteiger partial charge in [0.1, 0.15) is 17.2 Å². The zero-order valence-electron chi connectivity index (χ0n) is 12.6. The first-order chi connectivity index (χ1) is 10.6. The zero-order chi connectivity index (χ0) is 15.6. The summed E-state index contributed by atoms with van der Waals surface area (Å²) < 4.78 is 32.5. The van der Waals surface area contributed by atoms with Crippen LogP contribution in [-0.4, -0.2) is 19.6 Å². The average molecular weight is 340 g/mol. The van der Waals surface area contributed by atoms with Crippen LogP contribution in [0.3, 0.4) is 0 Å². The van der Waals surface area contributed by atoms with Crippen molar-refractivity contribution in [1.29, 1.82) is 0 Å². The quantitative estimate of drug-likeness (QED) is 0.832. The van der Waals surface area contributed by atoms with Gasteiger partial charge in [0.2, 0.25) is 10.0 Å². The number of aryl methyl sites for hydroxylation is 1.